The molecule has 0 aromatic heterocycles. The topological polar surface area (TPSA) is 86.8 Å². The standard InChI is InChI=1S/C26H28BrN3O4S/c1-19-12-14-24(15-13-19)35(33,34)30(23-10-5-4-6-11-23)18-25(31)29(20(2)26(32)28-3)17-21-8-7-9-22(27)16-21/h4-16,20H,17-18H2,1-3H3,(H,28,32)/t20-/m1/s1. The molecule has 0 spiro atoms. The average molecular weight is 558 g/mol. The van der Waals surface area contributed by atoms with Gasteiger partial charge in [-0.1, -0.05) is 64.0 Å². The van der Waals surface area contributed by atoms with E-state index in [1.807, 2.05) is 31.2 Å². The van der Waals surface area contributed by atoms with Gasteiger partial charge in [0.05, 0.1) is 10.6 Å². The molecule has 0 heterocycles. The van der Waals surface area contributed by atoms with Gasteiger partial charge in [0, 0.05) is 18.1 Å². The molecule has 7 nitrogen and oxygen atoms in total. The van der Waals surface area contributed by atoms with Gasteiger partial charge < -0.3 is 10.2 Å². The maximum absolute atomic E-state index is 13.6. The van der Waals surface area contributed by atoms with Gasteiger partial charge in [0.25, 0.3) is 10.0 Å². The second-order valence-electron chi connectivity index (χ2n) is 8.10. The number of hydrogen-bond donors (Lipinski definition) is 1. The van der Waals surface area contributed by atoms with Gasteiger partial charge in [-0.2, -0.15) is 0 Å². The van der Waals surface area contributed by atoms with Crippen LogP contribution >= 0.6 is 15.9 Å². The van der Waals surface area contributed by atoms with E-state index < -0.39 is 28.5 Å². The number of hydrogen-bond acceptors (Lipinski definition) is 4. The molecule has 0 aliphatic carbocycles. The highest BCUT2D eigenvalue weighted by atomic mass is 79.9. The first-order valence-electron chi connectivity index (χ1n) is 11.0. The summed E-state index contributed by atoms with van der Waals surface area (Å²) < 4.78 is 29.2. The molecule has 35 heavy (non-hydrogen) atoms. The SMILES string of the molecule is CNC(=O)[C@@H](C)N(Cc1cccc(Br)c1)C(=O)CN(c1ccccc1)S(=O)(=O)c1ccc(C)cc1. The number of benzene rings is 3. The van der Waals surface area contributed by atoms with Crippen molar-refractivity contribution in [3.8, 4) is 0 Å². The summed E-state index contributed by atoms with van der Waals surface area (Å²) in [5.41, 5.74) is 2.08. The van der Waals surface area contributed by atoms with Crippen LogP contribution in [0.3, 0.4) is 0 Å². The third-order valence-corrected chi connectivity index (χ3v) is 7.87. The number of anilines is 1. The molecule has 1 atom stereocenters. The molecule has 0 saturated heterocycles. The fourth-order valence-electron chi connectivity index (χ4n) is 3.58. The minimum absolute atomic E-state index is 0.0812. The number of carbonyl (C=O) groups is 2. The van der Waals surface area contributed by atoms with E-state index in [-0.39, 0.29) is 17.3 Å². The van der Waals surface area contributed by atoms with Crippen LogP contribution < -0.4 is 9.62 Å². The minimum atomic E-state index is -4.05. The number of para-hydroxylation sites is 1. The Hall–Kier alpha value is -3.17. The number of nitrogens with one attached hydrogen (secondary N) is 1. The van der Waals surface area contributed by atoms with Gasteiger partial charge in [0.1, 0.15) is 12.6 Å². The lowest BCUT2D eigenvalue weighted by Gasteiger charge is -2.31. The summed E-state index contributed by atoms with van der Waals surface area (Å²) in [4.78, 5) is 27.6. The van der Waals surface area contributed by atoms with E-state index in [0.29, 0.717) is 5.69 Å². The third-order valence-electron chi connectivity index (χ3n) is 5.59. The smallest absolute Gasteiger partial charge is 0.264 e. The second-order valence-corrected chi connectivity index (χ2v) is 10.9. The monoisotopic (exact) mass is 557 g/mol. The third kappa shape index (κ3) is 6.49. The minimum Gasteiger partial charge on any atom is -0.357 e. The summed E-state index contributed by atoms with van der Waals surface area (Å²) in [6.07, 6.45) is 0. The summed E-state index contributed by atoms with van der Waals surface area (Å²) in [6, 6.07) is 21.5. The highest BCUT2D eigenvalue weighted by Crippen LogP contribution is 2.25. The maximum atomic E-state index is 13.6. The van der Waals surface area contributed by atoms with Crippen molar-refractivity contribution >= 4 is 43.5 Å². The molecule has 3 aromatic carbocycles. The van der Waals surface area contributed by atoms with E-state index in [1.54, 1.807) is 49.4 Å². The lowest BCUT2D eigenvalue weighted by atomic mass is 10.1. The Balaban J connectivity index is 2.00. The normalized spacial score (nSPS) is 12.0. The highest BCUT2D eigenvalue weighted by Gasteiger charge is 2.32. The van der Waals surface area contributed by atoms with Crippen LogP contribution in [0.2, 0.25) is 0 Å². The first-order valence-corrected chi connectivity index (χ1v) is 13.3. The van der Waals surface area contributed by atoms with Gasteiger partial charge in [0.2, 0.25) is 11.8 Å². The summed E-state index contributed by atoms with van der Waals surface area (Å²) in [6.45, 7) is 3.17. The number of sulfonamides is 1. The Labute approximate surface area is 214 Å². The molecule has 1 N–H and O–H groups in total. The zero-order chi connectivity index (χ0) is 25.6. The van der Waals surface area contributed by atoms with Crippen LogP contribution in [0.5, 0.6) is 0 Å². The Morgan fingerprint density at radius 1 is 0.971 bits per heavy atom. The number of amides is 2. The molecule has 3 rings (SSSR count). The van der Waals surface area contributed by atoms with Crippen molar-refractivity contribution in [3.63, 3.8) is 0 Å². The van der Waals surface area contributed by atoms with Gasteiger partial charge in [0.15, 0.2) is 0 Å². The molecule has 0 aliphatic heterocycles. The number of nitrogens with zero attached hydrogens (tertiary/aromatic N) is 2. The van der Waals surface area contributed by atoms with E-state index >= 15 is 0 Å². The van der Waals surface area contributed by atoms with Crippen LogP contribution in [0.15, 0.2) is 88.2 Å². The predicted molar refractivity (Wildman–Crippen MR) is 140 cm³/mol. The summed E-state index contributed by atoms with van der Waals surface area (Å²) in [5, 5.41) is 2.57. The molecule has 9 heteroatoms. The van der Waals surface area contributed by atoms with Gasteiger partial charge in [-0.25, -0.2) is 8.42 Å². The molecule has 0 unspecified atom stereocenters. The Morgan fingerprint density at radius 2 is 1.63 bits per heavy atom. The predicted octanol–water partition coefficient (Wildman–Crippen LogP) is 4.12. The number of rotatable bonds is 9. The summed E-state index contributed by atoms with van der Waals surface area (Å²) in [5.74, 6) is -0.846. The molecule has 0 fully saturated rings. The lowest BCUT2D eigenvalue weighted by Crippen LogP contribution is -2.50. The van der Waals surface area contributed by atoms with Gasteiger partial charge in [-0.15, -0.1) is 0 Å². The molecular weight excluding hydrogens is 530 g/mol. The van der Waals surface area contributed by atoms with Crippen molar-refractivity contribution in [3.05, 3.63) is 94.5 Å². The van der Waals surface area contributed by atoms with Crippen LogP contribution in [0.1, 0.15) is 18.1 Å². The van der Waals surface area contributed by atoms with E-state index in [4.69, 9.17) is 0 Å². The number of likely N-dealkylation sites (N-methyl/N-ethyl adjacent to an activating group) is 1. The van der Waals surface area contributed by atoms with Crippen molar-refractivity contribution in [2.45, 2.75) is 31.3 Å². The maximum Gasteiger partial charge on any atom is 0.264 e. The molecule has 0 aliphatic rings. The van der Waals surface area contributed by atoms with Crippen molar-refractivity contribution in [2.24, 2.45) is 0 Å². The van der Waals surface area contributed by atoms with Gasteiger partial charge in [-0.3, -0.25) is 13.9 Å². The van der Waals surface area contributed by atoms with E-state index in [0.717, 1.165) is 19.9 Å². The molecule has 3 aromatic rings. The molecule has 0 radical (unpaired) electrons. The van der Waals surface area contributed by atoms with Crippen molar-refractivity contribution < 1.29 is 18.0 Å². The first kappa shape index (κ1) is 26.4. The fourth-order valence-corrected chi connectivity index (χ4v) is 5.44. The van der Waals surface area contributed by atoms with Crippen LogP contribution in [-0.4, -0.2) is 44.8 Å². The van der Waals surface area contributed by atoms with Gasteiger partial charge in [-0.05, 0) is 55.8 Å². The number of aryl methyl sites for hydroxylation is 1. The van der Waals surface area contributed by atoms with Crippen molar-refractivity contribution in [1.82, 2.24) is 10.2 Å². The molecule has 0 saturated carbocycles. The summed E-state index contributed by atoms with van der Waals surface area (Å²) in [7, 11) is -2.55. The molecule has 2 amide bonds. The Morgan fingerprint density at radius 3 is 2.23 bits per heavy atom. The fraction of sp³-hybridized carbons (Fsp3) is 0.231. The molecule has 0 bridgehead atoms. The van der Waals surface area contributed by atoms with Crippen LogP contribution in [0.25, 0.3) is 0 Å². The molecular formula is C26H28BrN3O4S. The number of halogens is 1. The summed E-state index contributed by atoms with van der Waals surface area (Å²) >= 11 is 3.43. The first-order chi connectivity index (χ1) is 16.6. The lowest BCUT2D eigenvalue weighted by molar-refractivity contribution is -0.139. The van der Waals surface area contributed by atoms with E-state index in [9.17, 15) is 18.0 Å². The number of carbonyl (C=O) groups excluding carboxylic acids is 2. The van der Waals surface area contributed by atoms with Crippen LogP contribution in [-0.2, 0) is 26.2 Å². The zero-order valence-electron chi connectivity index (χ0n) is 19.8. The Kier molecular flexibility index (Phi) is 8.69. The second kappa shape index (κ2) is 11.5. The Bertz CT molecular complexity index is 1280. The highest BCUT2D eigenvalue weighted by molar-refractivity contribution is 9.10. The van der Waals surface area contributed by atoms with E-state index in [1.165, 1.54) is 24.1 Å². The quantitative estimate of drug-likeness (QED) is 0.428. The van der Waals surface area contributed by atoms with Crippen molar-refractivity contribution in [1.29, 1.82) is 0 Å². The van der Waals surface area contributed by atoms with Crippen LogP contribution in [0.4, 0.5) is 5.69 Å². The van der Waals surface area contributed by atoms with E-state index in [2.05, 4.69) is 21.2 Å². The van der Waals surface area contributed by atoms with Gasteiger partial charge >= 0.3 is 0 Å². The molecule has 184 valence electrons. The van der Waals surface area contributed by atoms with Crippen molar-refractivity contribution in [2.75, 3.05) is 17.9 Å². The zero-order valence-corrected chi connectivity index (χ0v) is 22.2. The largest absolute Gasteiger partial charge is 0.357 e. The van der Waals surface area contributed by atoms with Crippen LogP contribution in [0, 0.1) is 6.92 Å². The average Bonchev–Trinajstić information content (AvgIpc) is 2.85.